The van der Waals surface area contributed by atoms with Gasteiger partial charge in [0.15, 0.2) is 5.78 Å². The van der Waals surface area contributed by atoms with Gasteiger partial charge >= 0.3 is 0 Å². The van der Waals surface area contributed by atoms with E-state index in [0.29, 0.717) is 16.9 Å². The third-order valence-corrected chi connectivity index (χ3v) is 3.30. The number of hydrogen-bond acceptors (Lipinski definition) is 3. The van der Waals surface area contributed by atoms with Gasteiger partial charge in [-0.2, -0.15) is 0 Å². The molecule has 2 aromatic carbocycles. The molecular formula is C19H18N2O3. The van der Waals surface area contributed by atoms with Crippen LogP contribution in [0, 0.1) is 0 Å². The fourth-order valence-corrected chi connectivity index (χ4v) is 2.16. The van der Waals surface area contributed by atoms with Gasteiger partial charge in [-0.3, -0.25) is 14.4 Å². The Kier molecular flexibility index (Phi) is 5.63. The number of carbonyl (C=O) groups excluding carboxylic acids is 3. The van der Waals surface area contributed by atoms with Crippen molar-refractivity contribution in [1.29, 1.82) is 0 Å². The highest BCUT2D eigenvalue weighted by Gasteiger charge is 2.07. The van der Waals surface area contributed by atoms with E-state index >= 15 is 0 Å². The second kappa shape index (κ2) is 7.87. The number of Topliss-reactive ketones (excluding diaryl/α,β-unsaturated/α-hetero) is 1. The first kappa shape index (κ1) is 17.1. The van der Waals surface area contributed by atoms with Crippen molar-refractivity contribution >= 4 is 29.0 Å². The van der Waals surface area contributed by atoms with Gasteiger partial charge in [0.25, 0.3) is 0 Å². The van der Waals surface area contributed by atoms with Crippen molar-refractivity contribution in [3.05, 3.63) is 72.3 Å². The maximum Gasteiger partial charge on any atom is 0.247 e. The zero-order chi connectivity index (χ0) is 17.5. The molecule has 0 radical (unpaired) electrons. The Labute approximate surface area is 140 Å². The lowest BCUT2D eigenvalue weighted by molar-refractivity contribution is -0.115. The number of ketones is 1. The summed E-state index contributed by atoms with van der Waals surface area (Å²) in [7, 11) is 0. The molecule has 5 nitrogen and oxygen atoms in total. The van der Waals surface area contributed by atoms with Crippen LogP contribution in [0.15, 0.2) is 61.2 Å². The standard InChI is InChI=1S/C19H18N2O3/c1-3-18(23)20-16-8-4-6-14(10-16)11-19(24)21-17-9-5-7-15(12-17)13(2)22/h3-10,12H,1,11H2,2H3,(H,20,23)(H,21,24). The van der Waals surface area contributed by atoms with Gasteiger partial charge in [0, 0.05) is 16.9 Å². The van der Waals surface area contributed by atoms with E-state index in [4.69, 9.17) is 0 Å². The molecule has 0 fully saturated rings. The van der Waals surface area contributed by atoms with Crippen LogP contribution in [0.3, 0.4) is 0 Å². The van der Waals surface area contributed by atoms with E-state index in [1.54, 1.807) is 48.5 Å². The molecule has 0 bridgehead atoms. The number of carbonyl (C=O) groups is 3. The highest BCUT2D eigenvalue weighted by Crippen LogP contribution is 2.14. The number of benzene rings is 2. The van der Waals surface area contributed by atoms with Gasteiger partial charge in [-0.15, -0.1) is 0 Å². The Morgan fingerprint density at radius 2 is 1.67 bits per heavy atom. The summed E-state index contributed by atoms with van der Waals surface area (Å²) in [5.74, 6) is -0.572. The molecule has 0 saturated carbocycles. The van der Waals surface area contributed by atoms with Crippen molar-refractivity contribution in [2.45, 2.75) is 13.3 Å². The molecule has 0 heterocycles. The molecule has 0 unspecified atom stereocenters. The molecule has 0 spiro atoms. The SMILES string of the molecule is C=CC(=O)Nc1cccc(CC(=O)Nc2cccc(C(C)=O)c2)c1. The number of amides is 2. The van der Waals surface area contributed by atoms with Crippen LogP contribution >= 0.6 is 0 Å². The maximum atomic E-state index is 12.2. The molecule has 2 amide bonds. The van der Waals surface area contributed by atoms with E-state index < -0.39 is 0 Å². The molecular weight excluding hydrogens is 304 g/mol. The van der Waals surface area contributed by atoms with Crippen LogP contribution < -0.4 is 10.6 Å². The Hall–Kier alpha value is -3.21. The minimum atomic E-state index is -0.308. The molecule has 2 rings (SSSR count). The molecule has 0 aliphatic rings. The molecule has 5 heteroatoms. The lowest BCUT2D eigenvalue weighted by Crippen LogP contribution is -2.15. The zero-order valence-corrected chi connectivity index (χ0v) is 13.3. The van der Waals surface area contributed by atoms with Crippen LogP contribution in [0.5, 0.6) is 0 Å². The van der Waals surface area contributed by atoms with E-state index in [0.717, 1.165) is 5.56 Å². The van der Waals surface area contributed by atoms with Crippen LogP contribution in [0.4, 0.5) is 11.4 Å². The van der Waals surface area contributed by atoms with Crippen LogP contribution in [-0.4, -0.2) is 17.6 Å². The Balaban J connectivity index is 2.03. The smallest absolute Gasteiger partial charge is 0.247 e. The van der Waals surface area contributed by atoms with Gasteiger partial charge in [0.2, 0.25) is 11.8 Å². The topological polar surface area (TPSA) is 75.3 Å². The van der Waals surface area contributed by atoms with Crippen molar-refractivity contribution in [1.82, 2.24) is 0 Å². The van der Waals surface area contributed by atoms with Crippen molar-refractivity contribution in [2.75, 3.05) is 10.6 Å². The minimum Gasteiger partial charge on any atom is -0.326 e. The second-order valence-electron chi connectivity index (χ2n) is 5.26. The summed E-state index contributed by atoms with van der Waals surface area (Å²) in [6.07, 6.45) is 1.34. The normalized spacial score (nSPS) is 9.88. The Bertz CT molecular complexity index is 797. The van der Waals surface area contributed by atoms with Crippen LogP contribution in [0.2, 0.25) is 0 Å². The van der Waals surface area contributed by atoms with Crippen LogP contribution in [-0.2, 0) is 16.0 Å². The van der Waals surface area contributed by atoms with E-state index in [-0.39, 0.29) is 24.0 Å². The third kappa shape index (κ3) is 4.91. The molecule has 0 aromatic heterocycles. The maximum absolute atomic E-state index is 12.2. The largest absolute Gasteiger partial charge is 0.326 e. The van der Waals surface area contributed by atoms with Crippen LogP contribution in [0.25, 0.3) is 0 Å². The lowest BCUT2D eigenvalue weighted by Gasteiger charge is -2.08. The Morgan fingerprint density at radius 3 is 2.33 bits per heavy atom. The van der Waals surface area contributed by atoms with Crippen molar-refractivity contribution < 1.29 is 14.4 Å². The summed E-state index contributed by atoms with van der Waals surface area (Å²) in [5.41, 5.74) is 2.48. The van der Waals surface area contributed by atoms with Gasteiger partial charge in [-0.1, -0.05) is 30.8 Å². The first-order valence-electron chi connectivity index (χ1n) is 7.41. The first-order chi connectivity index (χ1) is 11.5. The van der Waals surface area contributed by atoms with Gasteiger partial charge in [-0.25, -0.2) is 0 Å². The molecule has 0 atom stereocenters. The average molecular weight is 322 g/mol. The molecule has 2 N–H and O–H groups in total. The summed E-state index contributed by atoms with van der Waals surface area (Å²) >= 11 is 0. The first-order valence-corrected chi connectivity index (χ1v) is 7.41. The molecule has 0 saturated heterocycles. The number of anilines is 2. The average Bonchev–Trinajstić information content (AvgIpc) is 2.55. The van der Waals surface area contributed by atoms with Crippen molar-refractivity contribution in [2.24, 2.45) is 0 Å². The quantitative estimate of drug-likeness (QED) is 0.633. The summed E-state index contributed by atoms with van der Waals surface area (Å²) in [6.45, 7) is 4.87. The highest BCUT2D eigenvalue weighted by molar-refractivity contribution is 5.99. The molecule has 122 valence electrons. The van der Waals surface area contributed by atoms with Gasteiger partial charge < -0.3 is 10.6 Å². The summed E-state index contributed by atoms with van der Waals surface area (Å²) in [4.78, 5) is 34.8. The van der Waals surface area contributed by atoms with Crippen molar-refractivity contribution in [3.8, 4) is 0 Å². The summed E-state index contributed by atoms with van der Waals surface area (Å²) in [5, 5.41) is 5.41. The lowest BCUT2D eigenvalue weighted by atomic mass is 10.1. The molecule has 24 heavy (non-hydrogen) atoms. The number of hydrogen-bond donors (Lipinski definition) is 2. The fraction of sp³-hybridized carbons (Fsp3) is 0.105. The van der Waals surface area contributed by atoms with E-state index in [1.807, 2.05) is 0 Å². The van der Waals surface area contributed by atoms with Crippen LogP contribution in [0.1, 0.15) is 22.8 Å². The number of nitrogens with one attached hydrogen (secondary N) is 2. The number of rotatable bonds is 6. The zero-order valence-electron chi connectivity index (χ0n) is 13.3. The fourth-order valence-electron chi connectivity index (χ4n) is 2.16. The predicted octanol–water partition coefficient (Wildman–Crippen LogP) is 3.19. The van der Waals surface area contributed by atoms with E-state index in [2.05, 4.69) is 17.2 Å². The van der Waals surface area contributed by atoms with Crippen molar-refractivity contribution in [3.63, 3.8) is 0 Å². The van der Waals surface area contributed by atoms with E-state index in [1.165, 1.54) is 13.0 Å². The second-order valence-corrected chi connectivity index (χ2v) is 5.26. The predicted molar refractivity (Wildman–Crippen MR) is 94.0 cm³/mol. The van der Waals surface area contributed by atoms with E-state index in [9.17, 15) is 14.4 Å². The summed E-state index contributed by atoms with van der Waals surface area (Å²) in [6, 6.07) is 13.8. The van der Waals surface area contributed by atoms with Gasteiger partial charge in [0.05, 0.1) is 6.42 Å². The Morgan fingerprint density at radius 1 is 1.00 bits per heavy atom. The molecule has 2 aromatic rings. The monoisotopic (exact) mass is 322 g/mol. The van der Waals surface area contributed by atoms with Gasteiger partial charge in [0.1, 0.15) is 0 Å². The summed E-state index contributed by atoms with van der Waals surface area (Å²) < 4.78 is 0. The molecule has 0 aliphatic carbocycles. The van der Waals surface area contributed by atoms with Gasteiger partial charge in [-0.05, 0) is 42.8 Å². The minimum absolute atomic E-state index is 0.0586. The highest BCUT2D eigenvalue weighted by atomic mass is 16.2. The molecule has 0 aliphatic heterocycles. The third-order valence-electron chi connectivity index (χ3n) is 3.30.